The summed E-state index contributed by atoms with van der Waals surface area (Å²) in [5.74, 6) is -0.624. The van der Waals surface area contributed by atoms with Gasteiger partial charge in [-0.3, -0.25) is 9.89 Å². The fraction of sp³-hybridized carbons (Fsp3) is 0.312. The maximum atomic E-state index is 14.2. The van der Waals surface area contributed by atoms with Crippen molar-refractivity contribution >= 4 is 17.1 Å². The summed E-state index contributed by atoms with van der Waals surface area (Å²) in [6.45, 7) is 4.66. The Morgan fingerprint density at radius 3 is 2.83 bits per heavy atom. The maximum Gasteiger partial charge on any atom is 0.252 e. The smallest absolute Gasteiger partial charge is 0.252 e. The fourth-order valence-corrected chi connectivity index (χ4v) is 2.35. The number of H-pyrrole nitrogens is 1. The number of carbonyl (C=O) groups excluding carboxylic acids is 1. The Balaban J connectivity index is 2.15. The number of alkyl halides is 1. The van der Waals surface area contributed by atoms with E-state index in [-0.39, 0.29) is 5.56 Å². The van der Waals surface area contributed by atoms with Crippen molar-refractivity contribution in [3.63, 3.8) is 0 Å². The van der Waals surface area contributed by atoms with Crippen LogP contribution in [0.1, 0.15) is 31.1 Å². The van der Waals surface area contributed by atoms with Crippen molar-refractivity contribution in [3.8, 4) is 11.3 Å². The molecule has 3 aromatic rings. The summed E-state index contributed by atoms with van der Waals surface area (Å²) in [5, 5.41) is 14.1. The van der Waals surface area contributed by atoms with Gasteiger partial charge in [-0.15, -0.1) is 0 Å². The number of nitrogens with zero attached hydrogens (tertiary/aromatic N) is 3. The Bertz CT molecular complexity index is 878. The lowest BCUT2D eigenvalue weighted by Crippen LogP contribution is -2.36. The first-order chi connectivity index (χ1) is 11.3. The van der Waals surface area contributed by atoms with Gasteiger partial charge >= 0.3 is 0 Å². The third-order valence-corrected chi connectivity index (χ3v) is 4.10. The molecule has 3 aromatic heterocycles. The number of hydrogen-bond acceptors (Lipinski definition) is 4. The summed E-state index contributed by atoms with van der Waals surface area (Å²) in [5.41, 5.74) is 6.94. The Hall–Kier alpha value is -2.90. The second-order valence-electron chi connectivity index (χ2n) is 6.26. The van der Waals surface area contributed by atoms with Gasteiger partial charge in [0, 0.05) is 18.0 Å². The van der Waals surface area contributed by atoms with Crippen molar-refractivity contribution < 1.29 is 9.18 Å². The molecule has 0 aliphatic carbocycles. The van der Waals surface area contributed by atoms with Crippen LogP contribution in [0.3, 0.4) is 0 Å². The number of nitrogens with two attached hydrogens (primary N) is 1. The highest BCUT2D eigenvalue weighted by atomic mass is 19.1. The van der Waals surface area contributed by atoms with Crippen LogP contribution >= 0.6 is 0 Å². The van der Waals surface area contributed by atoms with E-state index in [2.05, 4.69) is 20.6 Å². The molecule has 0 aliphatic heterocycles. The molecule has 8 heteroatoms. The van der Waals surface area contributed by atoms with E-state index < -0.39 is 17.6 Å². The van der Waals surface area contributed by atoms with Gasteiger partial charge in [0.1, 0.15) is 5.67 Å². The summed E-state index contributed by atoms with van der Waals surface area (Å²) in [6.07, 6.45) is 4.82. The Kier molecular flexibility index (Phi) is 3.75. The minimum Gasteiger partial charge on any atom is -0.377 e. The number of rotatable bonds is 5. The lowest BCUT2D eigenvalue weighted by molar-refractivity contribution is 0.1000. The third-order valence-electron chi connectivity index (χ3n) is 4.10. The van der Waals surface area contributed by atoms with Gasteiger partial charge in [-0.1, -0.05) is 0 Å². The number of aromatic nitrogens is 4. The number of fused-ring (bicyclic) bond motifs is 1. The largest absolute Gasteiger partial charge is 0.377 e. The van der Waals surface area contributed by atoms with Crippen LogP contribution in [0.4, 0.5) is 10.1 Å². The molecule has 0 bridgehead atoms. The Labute approximate surface area is 138 Å². The first kappa shape index (κ1) is 16.0. The second kappa shape index (κ2) is 5.63. The molecule has 24 heavy (non-hydrogen) atoms. The molecule has 0 aliphatic rings. The van der Waals surface area contributed by atoms with Crippen LogP contribution < -0.4 is 11.1 Å². The van der Waals surface area contributed by atoms with Crippen LogP contribution in [0, 0.1) is 0 Å². The van der Waals surface area contributed by atoms with Crippen LogP contribution in [0.5, 0.6) is 0 Å². The van der Waals surface area contributed by atoms with E-state index in [1.54, 1.807) is 23.8 Å². The number of aromatic amines is 1. The first-order valence-corrected chi connectivity index (χ1v) is 7.54. The van der Waals surface area contributed by atoms with Gasteiger partial charge in [-0.25, -0.2) is 8.91 Å². The van der Waals surface area contributed by atoms with Crippen LogP contribution in [-0.4, -0.2) is 37.4 Å². The summed E-state index contributed by atoms with van der Waals surface area (Å²) in [7, 11) is 0. The van der Waals surface area contributed by atoms with Gasteiger partial charge < -0.3 is 11.1 Å². The van der Waals surface area contributed by atoms with Gasteiger partial charge in [-0.2, -0.15) is 10.2 Å². The van der Waals surface area contributed by atoms with Crippen LogP contribution in [0.2, 0.25) is 0 Å². The lowest BCUT2D eigenvalue weighted by atomic mass is 10.0. The highest BCUT2D eigenvalue weighted by Crippen LogP contribution is 2.29. The van der Waals surface area contributed by atoms with Gasteiger partial charge in [0.25, 0.3) is 5.91 Å². The van der Waals surface area contributed by atoms with Gasteiger partial charge in [0.2, 0.25) is 0 Å². The van der Waals surface area contributed by atoms with E-state index >= 15 is 0 Å². The molecule has 0 saturated carbocycles. The van der Waals surface area contributed by atoms with Crippen molar-refractivity contribution in [1.82, 2.24) is 19.8 Å². The standard InChI is InChI=1S/C16H19FN6O/c1-9(16(2,3)17)21-14-11(15(18)24)7-20-23-8-10(6-13(14)23)12-4-5-19-22-12/h4-9,21H,1-3H3,(H2,18,24)(H,19,22)/t9-/m1/s1. The summed E-state index contributed by atoms with van der Waals surface area (Å²) in [4.78, 5) is 11.8. The molecule has 0 unspecified atom stereocenters. The van der Waals surface area contributed by atoms with Crippen molar-refractivity contribution in [2.75, 3.05) is 5.32 Å². The van der Waals surface area contributed by atoms with Gasteiger partial charge in [0.15, 0.2) is 0 Å². The lowest BCUT2D eigenvalue weighted by Gasteiger charge is -2.26. The molecule has 0 saturated heterocycles. The molecule has 0 aromatic carbocycles. The van der Waals surface area contributed by atoms with Crippen molar-refractivity contribution in [3.05, 3.63) is 36.3 Å². The molecule has 0 spiro atoms. The molecule has 1 atom stereocenters. The predicted octanol–water partition coefficient (Wildman–Crippen LogP) is 2.37. The molecule has 7 nitrogen and oxygen atoms in total. The van der Waals surface area contributed by atoms with E-state index in [1.807, 2.05) is 12.1 Å². The second-order valence-corrected chi connectivity index (χ2v) is 6.26. The van der Waals surface area contributed by atoms with E-state index in [9.17, 15) is 9.18 Å². The normalized spacial score (nSPS) is 13.2. The zero-order chi connectivity index (χ0) is 17.5. The molecule has 0 fully saturated rings. The minimum absolute atomic E-state index is 0.216. The number of halogens is 1. The van der Waals surface area contributed by atoms with Crippen molar-refractivity contribution in [2.45, 2.75) is 32.5 Å². The third kappa shape index (κ3) is 2.82. The highest BCUT2D eigenvalue weighted by molar-refractivity contribution is 6.02. The Morgan fingerprint density at radius 1 is 1.50 bits per heavy atom. The number of nitrogens with one attached hydrogen (secondary N) is 2. The summed E-state index contributed by atoms with van der Waals surface area (Å²) < 4.78 is 15.8. The van der Waals surface area contributed by atoms with Gasteiger partial charge in [-0.05, 0) is 32.9 Å². The zero-order valence-electron chi connectivity index (χ0n) is 13.7. The molecule has 126 valence electrons. The van der Waals surface area contributed by atoms with E-state index in [0.717, 1.165) is 11.3 Å². The highest BCUT2D eigenvalue weighted by Gasteiger charge is 2.27. The average Bonchev–Trinajstić information content (AvgIpc) is 3.15. The SMILES string of the molecule is C[C@@H](Nc1c(C(N)=O)cnn2cc(-c3ccn[nH]3)cc12)C(C)(C)F. The molecular formula is C16H19FN6O. The molecule has 3 heterocycles. The monoisotopic (exact) mass is 330 g/mol. The van der Waals surface area contributed by atoms with Crippen LogP contribution in [0.15, 0.2) is 30.7 Å². The molecule has 1 amide bonds. The van der Waals surface area contributed by atoms with E-state index in [0.29, 0.717) is 11.2 Å². The Morgan fingerprint density at radius 2 is 2.25 bits per heavy atom. The fourth-order valence-electron chi connectivity index (χ4n) is 2.35. The predicted molar refractivity (Wildman–Crippen MR) is 89.6 cm³/mol. The molecule has 3 rings (SSSR count). The topological polar surface area (TPSA) is 101 Å². The number of anilines is 1. The van der Waals surface area contributed by atoms with Crippen molar-refractivity contribution in [2.24, 2.45) is 5.73 Å². The molecular weight excluding hydrogens is 311 g/mol. The number of hydrogen-bond donors (Lipinski definition) is 3. The summed E-state index contributed by atoms with van der Waals surface area (Å²) >= 11 is 0. The summed E-state index contributed by atoms with van der Waals surface area (Å²) in [6, 6.07) is 3.13. The first-order valence-electron chi connectivity index (χ1n) is 7.54. The number of carbonyl (C=O) groups is 1. The molecule has 4 N–H and O–H groups in total. The van der Waals surface area contributed by atoms with Crippen molar-refractivity contribution in [1.29, 1.82) is 0 Å². The van der Waals surface area contributed by atoms with Crippen LogP contribution in [0.25, 0.3) is 16.8 Å². The van der Waals surface area contributed by atoms with E-state index in [1.165, 1.54) is 20.0 Å². The quantitative estimate of drug-likeness (QED) is 0.668. The number of primary amides is 1. The zero-order valence-corrected chi connectivity index (χ0v) is 13.7. The molecule has 0 radical (unpaired) electrons. The minimum atomic E-state index is -1.48. The van der Waals surface area contributed by atoms with Crippen LogP contribution in [-0.2, 0) is 0 Å². The maximum absolute atomic E-state index is 14.2. The van der Waals surface area contributed by atoms with Gasteiger partial charge in [0.05, 0.1) is 34.7 Å². The number of amides is 1. The average molecular weight is 330 g/mol. The van der Waals surface area contributed by atoms with E-state index in [4.69, 9.17) is 5.73 Å².